The average Bonchev–Trinajstić information content (AvgIpc) is 3.11. The molecule has 0 aliphatic rings. The van der Waals surface area contributed by atoms with Gasteiger partial charge in [-0.2, -0.15) is 9.90 Å². The van der Waals surface area contributed by atoms with E-state index >= 15 is 0 Å². The van der Waals surface area contributed by atoms with Gasteiger partial charge in [0, 0.05) is 11.1 Å². The van der Waals surface area contributed by atoms with Crippen LogP contribution in [0.3, 0.4) is 0 Å². The molecule has 3 N–H and O–H groups in total. The van der Waals surface area contributed by atoms with Crippen molar-refractivity contribution in [1.82, 2.24) is 19.6 Å². The Labute approximate surface area is 137 Å². The Kier molecular flexibility index (Phi) is 3.90. The summed E-state index contributed by atoms with van der Waals surface area (Å²) < 4.78 is 6.01. The van der Waals surface area contributed by atoms with Crippen molar-refractivity contribution in [3.05, 3.63) is 36.2 Å². The predicted molar refractivity (Wildman–Crippen MR) is 87.8 cm³/mol. The Morgan fingerprint density at radius 1 is 1.33 bits per heavy atom. The largest absolute Gasteiger partial charge is 0.453 e. The number of ether oxygens (including phenoxy) is 1. The first kappa shape index (κ1) is 15.5. The Morgan fingerprint density at radius 3 is 2.83 bits per heavy atom. The van der Waals surface area contributed by atoms with E-state index in [1.807, 2.05) is 24.3 Å². The molecule has 0 atom stereocenters. The van der Waals surface area contributed by atoms with Gasteiger partial charge in [0.2, 0.25) is 0 Å². The van der Waals surface area contributed by atoms with Crippen molar-refractivity contribution in [2.75, 3.05) is 18.2 Å². The molecule has 0 saturated carbocycles. The molecule has 1 aromatic carbocycles. The number of carbonyl (C=O) groups is 2. The van der Waals surface area contributed by atoms with Crippen LogP contribution >= 0.6 is 0 Å². The number of amides is 1. The summed E-state index contributed by atoms with van der Waals surface area (Å²) in [7, 11) is 1.24. The van der Waals surface area contributed by atoms with Crippen LogP contribution in [-0.4, -0.2) is 38.7 Å². The van der Waals surface area contributed by atoms with Crippen LogP contribution in [0.4, 0.5) is 16.3 Å². The van der Waals surface area contributed by atoms with Gasteiger partial charge >= 0.3 is 6.09 Å². The van der Waals surface area contributed by atoms with Gasteiger partial charge in [0.05, 0.1) is 24.5 Å². The standard InChI is InChI=1S/C15H16N6O3/c1-9-14(16)10-5-3-4-6-11(10)21(9)13(22)8-20-17-7-12(19-20)18-15(23)24-2/h3-7H,8,16H2,1-2H3,(H,18,19,23). The zero-order chi connectivity index (χ0) is 17.3. The van der Waals surface area contributed by atoms with Crippen LogP contribution in [0.2, 0.25) is 0 Å². The fourth-order valence-corrected chi connectivity index (χ4v) is 2.49. The SMILES string of the molecule is COC(=O)Nc1cnn(CC(=O)n2c(C)c(N)c3ccccc32)n1. The molecule has 3 aromatic rings. The van der Waals surface area contributed by atoms with Crippen molar-refractivity contribution in [2.24, 2.45) is 0 Å². The minimum absolute atomic E-state index is 0.0954. The third kappa shape index (κ3) is 2.67. The smallest absolute Gasteiger partial charge is 0.412 e. The highest BCUT2D eigenvalue weighted by Crippen LogP contribution is 2.27. The molecular weight excluding hydrogens is 312 g/mol. The fourth-order valence-electron chi connectivity index (χ4n) is 2.49. The normalized spacial score (nSPS) is 10.8. The molecule has 0 saturated heterocycles. The van der Waals surface area contributed by atoms with E-state index in [-0.39, 0.29) is 18.3 Å². The lowest BCUT2D eigenvalue weighted by Crippen LogP contribution is -2.21. The summed E-state index contributed by atoms with van der Waals surface area (Å²) in [5.74, 6) is -0.0381. The Morgan fingerprint density at radius 2 is 2.08 bits per heavy atom. The maximum absolute atomic E-state index is 12.6. The number of benzene rings is 1. The highest BCUT2D eigenvalue weighted by atomic mass is 16.5. The third-order valence-electron chi connectivity index (χ3n) is 3.64. The number of hydrogen-bond acceptors (Lipinski definition) is 6. The maximum atomic E-state index is 12.6. The number of fused-ring (bicyclic) bond motifs is 1. The number of methoxy groups -OCH3 is 1. The van der Waals surface area contributed by atoms with E-state index in [0.29, 0.717) is 11.4 Å². The quantitative estimate of drug-likeness (QED) is 0.755. The van der Waals surface area contributed by atoms with Gasteiger partial charge in [-0.3, -0.25) is 14.7 Å². The first-order valence-electron chi connectivity index (χ1n) is 7.15. The van der Waals surface area contributed by atoms with Crippen molar-refractivity contribution >= 4 is 34.4 Å². The number of aromatic nitrogens is 4. The van der Waals surface area contributed by atoms with E-state index in [4.69, 9.17) is 5.73 Å². The average molecular weight is 328 g/mol. The van der Waals surface area contributed by atoms with Crippen LogP contribution in [0.15, 0.2) is 30.5 Å². The molecule has 0 aliphatic carbocycles. The Bertz CT molecular complexity index is 927. The summed E-state index contributed by atoms with van der Waals surface area (Å²) >= 11 is 0. The molecule has 3 rings (SSSR count). The van der Waals surface area contributed by atoms with Crippen LogP contribution in [0, 0.1) is 6.92 Å². The van der Waals surface area contributed by atoms with Crippen LogP contribution in [-0.2, 0) is 11.3 Å². The first-order chi connectivity index (χ1) is 11.5. The van der Waals surface area contributed by atoms with E-state index in [0.717, 1.165) is 10.9 Å². The van der Waals surface area contributed by atoms with Gasteiger partial charge in [-0.25, -0.2) is 4.79 Å². The van der Waals surface area contributed by atoms with Gasteiger partial charge in [0.15, 0.2) is 5.82 Å². The van der Waals surface area contributed by atoms with Crippen molar-refractivity contribution < 1.29 is 14.3 Å². The van der Waals surface area contributed by atoms with Crippen LogP contribution < -0.4 is 11.1 Å². The summed E-state index contributed by atoms with van der Waals surface area (Å²) in [4.78, 5) is 25.0. The van der Waals surface area contributed by atoms with Crippen molar-refractivity contribution in [1.29, 1.82) is 0 Å². The highest BCUT2D eigenvalue weighted by Gasteiger charge is 2.18. The molecule has 1 amide bonds. The van der Waals surface area contributed by atoms with E-state index in [1.54, 1.807) is 11.5 Å². The number of nitrogens with zero attached hydrogens (tertiary/aromatic N) is 4. The molecule has 0 bridgehead atoms. The lowest BCUT2D eigenvalue weighted by molar-refractivity contribution is 0.0884. The molecule has 9 nitrogen and oxygen atoms in total. The van der Waals surface area contributed by atoms with Gasteiger partial charge in [0.1, 0.15) is 6.54 Å². The molecule has 24 heavy (non-hydrogen) atoms. The van der Waals surface area contributed by atoms with E-state index in [1.165, 1.54) is 18.1 Å². The van der Waals surface area contributed by atoms with Gasteiger partial charge in [-0.15, -0.1) is 5.10 Å². The van der Waals surface area contributed by atoms with Crippen LogP contribution in [0.25, 0.3) is 10.9 Å². The van der Waals surface area contributed by atoms with Crippen molar-refractivity contribution in [3.63, 3.8) is 0 Å². The minimum Gasteiger partial charge on any atom is -0.453 e. The second-order valence-electron chi connectivity index (χ2n) is 5.12. The lowest BCUT2D eigenvalue weighted by atomic mass is 10.2. The lowest BCUT2D eigenvalue weighted by Gasteiger charge is -2.06. The van der Waals surface area contributed by atoms with Gasteiger partial charge in [-0.05, 0) is 13.0 Å². The van der Waals surface area contributed by atoms with E-state index < -0.39 is 6.09 Å². The molecule has 0 fully saturated rings. The summed E-state index contributed by atoms with van der Waals surface area (Å²) in [6, 6.07) is 7.41. The topological polar surface area (TPSA) is 117 Å². The second kappa shape index (κ2) is 6.03. The zero-order valence-corrected chi connectivity index (χ0v) is 13.2. The summed E-state index contributed by atoms with van der Waals surface area (Å²) in [6.45, 7) is 1.69. The maximum Gasteiger partial charge on any atom is 0.412 e. The van der Waals surface area contributed by atoms with Gasteiger partial charge in [-0.1, -0.05) is 18.2 Å². The second-order valence-corrected chi connectivity index (χ2v) is 5.12. The van der Waals surface area contributed by atoms with Crippen molar-refractivity contribution in [3.8, 4) is 0 Å². The number of carbonyl (C=O) groups excluding carboxylic acids is 2. The molecular formula is C15H16N6O3. The molecule has 0 radical (unpaired) electrons. The number of hydrogen-bond donors (Lipinski definition) is 2. The van der Waals surface area contributed by atoms with Gasteiger partial charge in [0.25, 0.3) is 5.91 Å². The number of nitrogens with two attached hydrogens (primary N) is 1. The number of anilines is 2. The molecule has 0 aliphatic heterocycles. The predicted octanol–water partition coefficient (Wildman–Crippen LogP) is 1.64. The third-order valence-corrected chi connectivity index (χ3v) is 3.64. The molecule has 9 heteroatoms. The first-order valence-corrected chi connectivity index (χ1v) is 7.15. The minimum atomic E-state index is -0.659. The van der Waals surface area contributed by atoms with Gasteiger partial charge < -0.3 is 10.5 Å². The summed E-state index contributed by atoms with van der Waals surface area (Å²) in [5.41, 5.74) is 8.04. The summed E-state index contributed by atoms with van der Waals surface area (Å²) in [5, 5.41) is 11.2. The fraction of sp³-hybridized carbons (Fsp3) is 0.200. The zero-order valence-electron chi connectivity index (χ0n) is 13.2. The number of rotatable bonds is 3. The molecule has 2 aromatic heterocycles. The molecule has 124 valence electrons. The number of nitrogen functional groups attached to an aromatic ring is 1. The Hall–Kier alpha value is -3.36. The molecule has 2 heterocycles. The monoisotopic (exact) mass is 328 g/mol. The van der Waals surface area contributed by atoms with E-state index in [9.17, 15) is 9.59 Å². The Balaban J connectivity index is 1.86. The molecule has 0 spiro atoms. The molecule has 0 unspecified atom stereocenters. The van der Waals surface area contributed by atoms with E-state index in [2.05, 4.69) is 20.3 Å². The summed E-state index contributed by atoms with van der Waals surface area (Å²) in [6.07, 6.45) is 0.674. The number of para-hydroxylation sites is 1. The highest BCUT2D eigenvalue weighted by molar-refractivity contribution is 6.01. The number of nitrogens with one attached hydrogen (secondary N) is 1. The van der Waals surface area contributed by atoms with Crippen LogP contribution in [0.1, 0.15) is 10.5 Å². The van der Waals surface area contributed by atoms with Crippen molar-refractivity contribution in [2.45, 2.75) is 13.5 Å². The van der Waals surface area contributed by atoms with Crippen LogP contribution in [0.5, 0.6) is 0 Å².